The zero-order valence-corrected chi connectivity index (χ0v) is 11.4. The van der Waals surface area contributed by atoms with Crippen molar-refractivity contribution >= 4 is 5.69 Å². The number of hydrogen-bond acceptors (Lipinski definition) is 5. The maximum Gasteiger partial charge on any atom is 0.240 e. The van der Waals surface area contributed by atoms with E-state index in [-0.39, 0.29) is 0 Å². The number of hydrogen-bond donors (Lipinski definition) is 1. The van der Waals surface area contributed by atoms with E-state index in [0.717, 1.165) is 13.0 Å². The quantitative estimate of drug-likeness (QED) is 0.694. The fourth-order valence-electron chi connectivity index (χ4n) is 1.56. The summed E-state index contributed by atoms with van der Waals surface area (Å²) in [5.74, 6) is 1.67. The molecule has 2 rings (SSSR count). The lowest BCUT2D eigenvalue weighted by Gasteiger charge is -2.10. The molecule has 0 radical (unpaired) electrons. The number of nitrogens with two attached hydrogens (primary N) is 1. The van der Waals surface area contributed by atoms with Crippen molar-refractivity contribution in [2.75, 3.05) is 32.2 Å². The van der Waals surface area contributed by atoms with Crippen LogP contribution in [0.3, 0.4) is 0 Å². The van der Waals surface area contributed by atoms with Crippen molar-refractivity contribution in [3.05, 3.63) is 12.1 Å². The number of ether oxygens (including phenoxy) is 3. The van der Waals surface area contributed by atoms with Crippen LogP contribution in [0, 0.1) is 5.92 Å². The van der Waals surface area contributed by atoms with Crippen LogP contribution in [0.5, 0.6) is 11.8 Å². The van der Waals surface area contributed by atoms with Crippen LogP contribution in [0.4, 0.5) is 5.69 Å². The smallest absolute Gasteiger partial charge is 0.240 e. The molecule has 2 N–H and O–H groups in total. The standard InChI is InChI=1S/C14H22N2O3/c1-2-7-17-8-9-18-13-6-5-12(15)14(16-13)19-10-11-3-4-11/h5-6,11H,2-4,7-10,15H2,1H3. The first kappa shape index (κ1) is 13.9. The van der Waals surface area contributed by atoms with Gasteiger partial charge in [0.15, 0.2) is 0 Å². The van der Waals surface area contributed by atoms with E-state index in [0.29, 0.717) is 43.2 Å². The van der Waals surface area contributed by atoms with Gasteiger partial charge in [0.2, 0.25) is 11.8 Å². The van der Waals surface area contributed by atoms with Crippen molar-refractivity contribution in [3.8, 4) is 11.8 Å². The van der Waals surface area contributed by atoms with Gasteiger partial charge in [-0.15, -0.1) is 0 Å². The molecule has 1 fully saturated rings. The highest BCUT2D eigenvalue weighted by Crippen LogP contribution is 2.30. The first-order valence-electron chi connectivity index (χ1n) is 6.89. The second kappa shape index (κ2) is 7.19. The van der Waals surface area contributed by atoms with E-state index >= 15 is 0 Å². The molecule has 1 heterocycles. The number of rotatable bonds is 9. The largest absolute Gasteiger partial charge is 0.476 e. The minimum Gasteiger partial charge on any atom is -0.476 e. The fourth-order valence-corrected chi connectivity index (χ4v) is 1.56. The molecule has 1 aromatic heterocycles. The monoisotopic (exact) mass is 266 g/mol. The van der Waals surface area contributed by atoms with Gasteiger partial charge in [-0.3, -0.25) is 0 Å². The Morgan fingerprint density at radius 2 is 2.05 bits per heavy atom. The molecule has 5 nitrogen and oxygen atoms in total. The van der Waals surface area contributed by atoms with Gasteiger partial charge in [0, 0.05) is 12.7 Å². The van der Waals surface area contributed by atoms with E-state index < -0.39 is 0 Å². The van der Waals surface area contributed by atoms with Crippen LogP contribution in [0.1, 0.15) is 26.2 Å². The summed E-state index contributed by atoms with van der Waals surface area (Å²) in [6, 6.07) is 3.51. The van der Waals surface area contributed by atoms with Crippen molar-refractivity contribution < 1.29 is 14.2 Å². The van der Waals surface area contributed by atoms with Gasteiger partial charge in [-0.2, -0.15) is 4.98 Å². The Hall–Kier alpha value is -1.49. The molecule has 0 atom stereocenters. The predicted octanol–water partition coefficient (Wildman–Crippen LogP) is 2.26. The zero-order chi connectivity index (χ0) is 13.5. The van der Waals surface area contributed by atoms with Crippen molar-refractivity contribution in [1.29, 1.82) is 0 Å². The van der Waals surface area contributed by atoms with Gasteiger partial charge in [-0.05, 0) is 31.2 Å². The van der Waals surface area contributed by atoms with E-state index in [1.54, 1.807) is 12.1 Å². The first-order valence-corrected chi connectivity index (χ1v) is 6.89. The number of aromatic nitrogens is 1. The average molecular weight is 266 g/mol. The molecule has 0 spiro atoms. The third-order valence-corrected chi connectivity index (χ3v) is 2.84. The van der Waals surface area contributed by atoms with Crippen LogP contribution in [-0.2, 0) is 4.74 Å². The van der Waals surface area contributed by atoms with E-state index in [4.69, 9.17) is 19.9 Å². The molecule has 1 aliphatic carbocycles. The predicted molar refractivity (Wildman–Crippen MR) is 73.5 cm³/mol. The molecule has 0 amide bonds. The maximum absolute atomic E-state index is 5.82. The lowest BCUT2D eigenvalue weighted by Crippen LogP contribution is -2.09. The summed E-state index contributed by atoms with van der Waals surface area (Å²) < 4.78 is 16.4. The highest BCUT2D eigenvalue weighted by Gasteiger charge is 2.22. The van der Waals surface area contributed by atoms with Gasteiger partial charge in [-0.25, -0.2) is 0 Å². The van der Waals surface area contributed by atoms with Gasteiger partial charge in [-0.1, -0.05) is 6.92 Å². The van der Waals surface area contributed by atoms with Crippen LogP contribution in [0.2, 0.25) is 0 Å². The topological polar surface area (TPSA) is 66.6 Å². The number of pyridine rings is 1. The Morgan fingerprint density at radius 1 is 1.21 bits per heavy atom. The Balaban J connectivity index is 1.77. The number of anilines is 1. The summed E-state index contributed by atoms with van der Waals surface area (Å²) in [7, 11) is 0. The first-order chi connectivity index (χ1) is 9.29. The van der Waals surface area contributed by atoms with Crippen LogP contribution in [-0.4, -0.2) is 31.4 Å². The Kier molecular flexibility index (Phi) is 5.27. The minimum atomic E-state index is 0.471. The highest BCUT2D eigenvalue weighted by atomic mass is 16.5. The number of nitrogen functional groups attached to an aromatic ring is 1. The highest BCUT2D eigenvalue weighted by molar-refractivity contribution is 5.49. The van der Waals surface area contributed by atoms with Gasteiger partial charge >= 0.3 is 0 Å². The Labute approximate surface area is 114 Å². The van der Waals surface area contributed by atoms with Gasteiger partial charge < -0.3 is 19.9 Å². The van der Waals surface area contributed by atoms with Crippen LogP contribution >= 0.6 is 0 Å². The molecule has 1 aromatic rings. The molecular formula is C14H22N2O3. The molecule has 0 saturated heterocycles. The van der Waals surface area contributed by atoms with E-state index in [9.17, 15) is 0 Å². The molecule has 19 heavy (non-hydrogen) atoms. The summed E-state index contributed by atoms with van der Waals surface area (Å²) in [5.41, 5.74) is 6.37. The van der Waals surface area contributed by atoms with Crippen LogP contribution in [0.25, 0.3) is 0 Å². The number of nitrogens with zero attached hydrogens (tertiary/aromatic N) is 1. The second-order valence-corrected chi connectivity index (χ2v) is 4.76. The van der Waals surface area contributed by atoms with E-state index in [1.165, 1.54) is 12.8 Å². The summed E-state index contributed by atoms with van der Waals surface area (Å²) in [5, 5.41) is 0. The fraction of sp³-hybridized carbons (Fsp3) is 0.643. The third-order valence-electron chi connectivity index (χ3n) is 2.84. The van der Waals surface area contributed by atoms with Crippen molar-refractivity contribution in [3.63, 3.8) is 0 Å². The second-order valence-electron chi connectivity index (χ2n) is 4.76. The molecule has 0 aromatic carbocycles. The van der Waals surface area contributed by atoms with Crippen molar-refractivity contribution in [2.24, 2.45) is 5.92 Å². The molecule has 0 unspecified atom stereocenters. The molecule has 5 heteroatoms. The molecule has 106 valence electrons. The van der Waals surface area contributed by atoms with Gasteiger partial charge in [0.25, 0.3) is 0 Å². The lowest BCUT2D eigenvalue weighted by molar-refractivity contribution is 0.0986. The molecule has 0 aliphatic heterocycles. The normalized spacial score (nSPS) is 14.4. The van der Waals surface area contributed by atoms with E-state index in [1.807, 2.05) is 0 Å². The summed E-state index contributed by atoms with van der Waals surface area (Å²) in [6.45, 7) is 4.58. The Morgan fingerprint density at radius 3 is 2.79 bits per heavy atom. The summed E-state index contributed by atoms with van der Waals surface area (Å²) in [6.07, 6.45) is 3.50. The molecular weight excluding hydrogens is 244 g/mol. The zero-order valence-electron chi connectivity index (χ0n) is 11.4. The maximum atomic E-state index is 5.82. The molecule has 0 bridgehead atoms. The molecule has 1 aliphatic rings. The van der Waals surface area contributed by atoms with Crippen LogP contribution < -0.4 is 15.2 Å². The van der Waals surface area contributed by atoms with Crippen LogP contribution in [0.15, 0.2) is 12.1 Å². The lowest BCUT2D eigenvalue weighted by atomic mass is 10.4. The summed E-state index contributed by atoms with van der Waals surface area (Å²) in [4.78, 5) is 4.26. The average Bonchev–Trinajstić information content (AvgIpc) is 3.23. The van der Waals surface area contributed by atoms with Crippen molar-refractivity contribution in [2.45, 2.75) is 26.2 Å². The van der Waals surface area contributed by atoms with Crippen molar-refractivity contribution in [1.82, 2.24) is 4.98 Å². The minimum absolute atomic E-state index is 0.471. The van der Waals surface area contributed by atoms with E-state index in [2.05, 4.69) is 11.9 Å². The van der Waals surface area contributed by atoms with Gasteiger partial charge in [0.05, 0.1) is 18.9 Å². The molecule has 1 saturated carbocycles. The van der Waals surface area contributed by atoms with Gasteiger partial charge in [0.1, 0.15) is 6.61 Å². The SMILES string of the molecule is CCCOCCOc1ccc(N)c(OCC2CC2)n1. The Bertz CT molecular complexity index is 394. The summed E-state index contributed by atoms with van der Waals surface area (Å²) >= 11 is 0. The third kappa shape index (κ3) is 4.95.